The quantitative estimate of drug-likeness (QED) is 0.785. The Morgan fingerprint density at radius 3 is 2.63 bits per heavy atom. The molecule has 0 atom stereocenters. The van der Waals surface area contributed by atoms with Gasteiger partial charge in [-0.1, -0.05) is 6.07 Å². The number of methoxy groups -OCH3 is 1. The molecule has 0 amide bonds. The molecule has 0 aromatic heterocycles. The summed E-state index contributed by atoms with van der Waals surface area (Å²) < 4.78 is 10.8. The van der Waals surface area contributed by atoms with E-state index in [1.54, 1.807) is 12.1 Å². The zero-order chi connectivity index (χ0) is 13.9. The number of carbonyl (C=O) groups excluding carboxylic acids is 1. The first-order chi connectivity index (χ1) is 9.02. The topological polar surface area (TPSA) is 38.8 Å². The molecule has 1 aromatic carbocycles. The first-order valence-corrected chi connectivity index (χ1v) is 6.58. The van der Waals surface area contributed by atoms with Gasteiger partial charge in [0.05, 0.1) is 12.7 Å². The summed E-state index contributed by atoms with van der Waals surface area (Å²) >= 11 is 0. The summed E-state index contributed by atoms with van der Waals surface area (Å²) in [7, 11) is 3.51. The second-order valence-electron chi connectivity index (χ2n) is 5.37. The Balaban J connectivity index is 2.08. The zero-order valence-electron chi connectivity index (χ0n) is 11.8. The molecule has 104 valence electrons. The summed E-state index contributed by atoms with van der Waals surface area (Å²) in [6.45, 7) is 4.20. The van der Waals surface area contributed by atoms with E-state index in [1.165, 1.54) is 7.11 Å². The van der Waals surface area contributed by atoms with Crippen molar-refractivity contribution in [2.24, 2.45) is 0 Å². The number of rotatable bonds is 3. The molecular formula is C15H21NO3. The summed E-state index contributed by atoms with van der Waals surface area (Å²) in [6, 6.07) is 7.18. The third kappa shape index (κ3) is 3.47. The Labute approximate surface area is 114 Å². The fourth-order valence-electron chi connectivity index (χ4n) is 2.28. The fourth-order valence-corrected chi connectivity index (χ4v) is 2.28. The maximum absolute atomic E-state index is 11.5. The van der Waals surface area contributed by atoms with Gasteiger partial charge < -0.3 is 14.4 Å². The number of ether oxygens (including phenoxy) is 2. The molecule has 0 bridgehead atoms. The Bertz CT molecular complexity index is 450. The van der Waals surface area contributed by atoms with Crippen LogP contribution in [-0.2, 0) is 4.74 Å². The van der Waals surface area contributed by atoms with E-state index in [0.29, 0.717) is 5.56 Å². The van der Waals surface area contributed by atoms with Crippen LogP contribution in [0.25, 0.3) is 0 Å². The van der Waals surface area contributed by atoms with Gasteiger partial charge >= 0.3 is 5.97 Å². The number of piperidine rings is 1. The Kier molecular flexibility index (Phi) is 4.10. The van der Waals surface area contributed by atoms with E-state index in [4.69, 9.17) is 9.47 Å². The lowest BCUT2D eigenvalue weighted by atomic mass is 9.93. The number of hydrogen-bond donors (Lipinski definition) is 0. The summed E-state index contributed by atoms with van der Waals surface area (Å²) in [5.74, 6) is 0.397. The van der Waals surface area contributed by atoms with Gasteiger partial charge in [0, 0.05) is 13.1 Å². The number of hydrogen-bond acceptors (Lipinski definition) is 4. The van der Waals surface area contributed by atoms with Crippen molar-refractivity contribution in [2.45, 2.75) is 25.4 Å². The maximum atomic E-state index is 11.5. The number of esters is 1. The van der Waals surface area contributed by atoms with Crippen LogP contribution in [0.2, 0.25) is 0 Å². The predicted molar refractivity (Wildman–Crippen MR) is 73.5 cm³/mol. The average Bonchev–Trinajstić information content (AvgIpc) is 2.42. The molecule has 1 saturated heterocycles. The molecule has 1 fully saturated rings. The number of likely N-dealkylation sites (tertiary alicyclic amines) is 1. The van der Waals surface area contributed by atoms with Crippen molar-refractivity contribution >= 4 is 5.97 Å². The van der Waals surface area contributed by atoms with Gasteiger partial charge in [0.15, 0.2) is 0 Å². The molecule has 1 aliphatic rings. The van der Waals surface area contributed by atoms with Gasteiger partial charge in [-0.25, -0.2) is 4.79 Å². The van der Waals surface area contributed by atoms with E-state index in [1.807, 2.05) is 12.1 Å². The normalized spacial score (nSPS) is 18.9. The van der Waals surface area contributed by atoms with Crippen molar-refractivity contribution in [2.75, 3.05) is 27.2 Å². The lowest BCUT2D eigenvalue weighted by Gasteiger charge is -2.38. The Morgan fingerprint density at radius 2 is 2.00 bits per heavy atom. The number of carbonyl (C=O) groups is 1. The highest BCUT2D eigenvalue weighted by Gasteiger charge is 2.30. The smallest absolute Gasteiger partial charge is 0.337 e. The summed E-state index contributed by atoms with van der Waals surface area (Å²) in [4.78, 5) is 13.8. The number of benzene rings is 1. The van der Waals surface area contributed by atoms with E-state index in [2.05, 4.69) is 18.9 Å². The summed E-state index contributed by atoms with van der Waals surface area (Å²) in [5.41, 5.74) is 0.373. The van der Waals surface area contributed by atoms with Crippen LogP contribution in [0.1, 0.15) is 30.1 Å². The van der Waals surface area contributed by atoms with Gasteiger partial charge in [-0.05, 0) is 45.0 Å². The highest BCUT2D eigenvalue weighted by molar-refractivity contribution is 5.89. The van der Waals surface area contributed by atoms with Crippen molar-refractivity contribution in [3.63, 3.8) is 0 Å². The largest absolute Gasteiger partial charge is 0.487 e. The van der Waals surface area contributed by atoms with E-state index in [0.717, 1.165) is 31.7 Å². The SMILES string of the molecule is COC(=O)c1cccc(OC2(C)CCN(C)CC2)c1. The zero-order valence-corrected chi connectivity index (χ0v) is 11.8. The Morgan fingerprint density at radius 1 is 1.32 bits per heavy atom. The predicted octanol–water partition coefficient (Wildman–Crippen LogP) is 2.34. The summed E-state index contributed by atoms with van der Waals surface area (Å²) in [5, 5.41) is 0. The van der Waals surface area contributed by atoms with Gasteiger partial charge in [0.1, 0.15) is 11.4 Å². The second kappa shape index (κ2) is 5.61. The maximum Gasteiger partial charge on any atom is 0.337 e. The van der Waals surface area contributed by atoms with Crippen LogP contribution in [-0.4, -0.2) is 43.7 Å². The van der Waals surface area contributed by atoms with Crippen molar-refractivity contribution in [3.8, 4) is 5.75 Å². The molecule has 0 aliphatic carbocycles. The highest BCUT2D eigenvalue weighted by Crippen LogP contribution is 2.28. The van der Waals surface area contributed by atoms with Gasteiger partial charge in [0.25, 0.3) is 0 Å². The van der Waals surface area contributed by atoms with E-state index < -0.39 is 0 Å². The van der Waals surface area contributed by atoms with Crippen LogP contribution >= 0.6 is 0 Å². The molecule has 4 heteroatoms. The van der Waals surface area contributed by atoms with Crippen LogP contribution in [0.4, 0.5) is 0 Å². The molecule has 0 spiro atoms. The highest BCUT2D eigenvalue weighted by atomic mass is 16.5. The van der Waals surface area contributed by atoms with Crippen LogP contribution < -0.4 is 4.74 Å². The van der Waals surface area contributed by atoms with Crippen molar-refractivity contribution < 1.29 is 14.3 Å². The molecule has 4 nitrogen and oxygen atoms in total. The summed E-state index contributed by atoms with van der Waals surface area (Å²) in [6.07, 6.45) is 1.98. The van der Waals surface area contributed by atoms with E-state index in [-0.39, 0.29) is 11.6 Å². The molecule has 19 heavy (non-hydrogen) atoms. The lowest BCUT2D eigenvalue weighted by molar-refractivity contribution is 0.0238. The van der Waals surface area contributed by atoms with E-state index in [9.17, 15) is 4.79 Å². The standard InChI is InChI=1S/C15H21NO3/c1-15(7-9-16(2)10-8-15)19-13-6-4-5-12(11-13)14(17)18-3/h4-6,11H,7-10H2,1-3H3. The lowest BCUT2D eigenvalue weighted by Crippen LogP contribution is -2.44. The van der Waals surface area contributed by atoms with Crippen molar-refractivity contribution in [1.82, 2.24) is 4.90 Å². The monoisotopic (exact) mass is 263 g/mol. The molecule has 0 unspecified atom stereocenters. The molecule has 0 radical (unpaired) electrons. The minimum atomic E-state index is -0.334. The molecule has 1 heterocycles. The van der Waals surface area contributed by atoms with E-state index >= 15 is 0 Å². The minimum Gasteiger partial charge on any atom is -0.487 e. The van der Waals surface area contributed by atoms with Gasteiger partial charge in [-0.15, -0.1) is 0 Å². The fraction of sp³-hybridized carbons (Fsp3) is 0.533. The third-order valence-electron chi connectivity index (χ3n) is 3.66. The molecule has 0 N–H and O–H groups in total. The second-order valence-corrected chi connectivity index (χ2v) is 5.37. The van der Waals surface area contributed by atoms with Gasteiger partial charge in [0.2, 0.25) is 0 Å². The van der Waals surface area contributed by atoms with Gasteiger partial charge in [-0.2, -0.15) is 0 Å². The minimum absolute atomic E-state index is 0.152. The van der Waals surface area contributed by atoms with Crippen molar-refractivity contribution in [3.05, 3.63) is 29.8 Å². The first-order valence-electron chi connectivity index (χ1n) is 6.58. The third-order valence-corrected chi connectivity index (χ3v) is 3.66. The molecule has 2 rings (SSSR count). The molecular weight excluding hydrogens is 242 g/mol. The number of nitrogens with zero attached hydrogens (tertiary/aromatic N) is 1. The van der Waals surface area contributed by atoms with Crippen molar-refractivity contribution in [1.29, 1.82) is 0 Å². The first kappa shape index (κ1) is 13.9. The average molecular weight is 263 g/mol. The van der Waals surface area contributed by atoms with Crippen LogP contribution in [0.5, 0.6) is 5.75 Å². The van der Waals surface area contributed by atoms with Gasteiger partial charge in [-0.3, -0.25) is 0 Å². The Hall–Kier alpha value is -1.55. The van der Waals surface area contributed by atoms with Crippen LogP contribution in [0.15, 0.2) is 24.3 Å². The molecule has 1 aliphatic heterocycles. The molecule has 0 saturated carbocycles. The van der Waals surface area contributed by atoms with Crippen LogP contribution in [0.3, 0.4) is 0 Å². The van der Waals surface area contributed by atoms with Crippen LogP contribution in [0, 0.1) is 0 Å². The molecule has 1 aromatic rings.